The predicted octanol–water partition coefficient (Wildman–Crippen LogP) is 5.22. The van der Waals surface area contributed by atoms with E-state index in [-0.39, 0.29) is 0 Å². The van der Waals surface area contributed by atoms with E-state index in [4.69, 9.17) is 4.74 Å². The quantitative estimate of drug-likeness (QED) is 0.762. The van der Waals surface area contributed by atoms with Gasteiger partial charge in [0.1, 0.15) is 5.75 Å². The van der Waals surface area contributed by atoms with Crippen LogP contribution in [0.2, 0.25) is 0 Å². The Morgan fingerprint density at radius 2 is 1.74 bits per heavy atom. The largest absolute Gasteiger partial charge is 0.494 e. The number of nitrogens with one attached hydrogen (secondary N) is 1. The molecule has 0 bridgehead atoms. The van der Waals surface area contributed by atoms with Crippen molar-refractivity contribution in [1.29, 1.82) is 0 Å². The van der Waals surface area contributed by atoms with Crippen LogP contribution in [0.5, 0.6) is 5.75 Å². The summed E-state index contributed by atoms with van der Waals surface area (Å²) in [6.07, 6.45) is 0. The molecule has 1 N–H and O–H groups in total. The highest BCUT2D eigenvalue weighted by atomic mass is 79.9. The standard InChI is InChI=1S/C15H15Br2NO/c1-2-19-13-6-4-12(5-7-13)18-10-11-3-8-14(16)15(17)9-11/h3-9,18H,2,10H2,1H3. The number of hydrogen-bond donors (Lipinski definition) is 1. The Bertz CT molecular complexity index is 540. The maximum Gasteiger partial charge on any atom is 0.119 e. The smallest absolute Gasteiger partial charge is 0.119 e. The lowest BCUT2D eigenvalue weighted by Gasteiger charge is -2.09. The minimum atomic E-state index is 0.694. The minimum Gasteiger partial charge on any atom is -0.494 e. The summed E-state index contributed by atoms with van der Waals surface area (Å²) in [7, 11) is 0. The first-order valence-electron chi connectivity index (χ1n) is 6.09. The van der Waals surface area contributed by atoms with Crippen molar-refractivity contribution in [3.05, 3.63) is 57.0 Å². The molecule has 0 aromatic heterocycles. The Morgan fingerprint density at radius 1 is 1.00 bits per heavy atom. The Hall–Kier alpha value is -1.000. The molecule has 0 fully saturated rings. The van der Waals surface area contributed by atoms with Crippen LogP contribution < -0.4 is 10.1 Å². The molecule has 0 spiro atoms. The average molecular weight is 385 g/mol. The Kier molecular flexibility index (Phi) is 5.28. The third kappa shape index (κ3) is 4.25. The van der Waals surface area contributed by atoms with Crippen molar-refractivity contribution in [3.8, 4) is 5.75 Å². The maximum absolute atomic E-state index is 5.41. The fraction of sp³-hybridized carbons (Fsp3) is 0.200. The van der Waals surface area contributed by atoms with Gasteiger partial charge in [0.15, 0.2) is 0 Å². The van der Waals surface area contributed by atoms with Crippen LogP contribution in [0.3, 0.4) is 0 Å². The monoisotopic (exact) mass is 383 g/mol. The number of rotatable bonds is 5. The van der Waals surface area contributed by atoms with Crippen molar-refractivity contribution in [2.24, 2.45) is 0 Å². The lowest BCUT2D eigenvalue weighted by atomic mass is 10.2. The molecule has 0 atom stereocenters. The normalized spacial score (nSPS) is 10.3. The van der Waals surface area contributed by atoms with Crippen molar-refractivity contribution >= 4 is 37.5 Å². The molecule has 100 valence electrons. The van der Waals surface area contributed by atoms with Crippen LogP contribution in [0, 0.1) is 0 Å². The van der Waals surface area contributed by atoms with Crippen molar-refractivity contribution in [3.63, 3.8) is 0 Å². The van der Waals surface area contributed by atoms with Gasteiger partial charge in [-0.25, -0.2) is 0 Å². The third-order valence-electron chi connectivity index (χ3n) is 2.65. The summed E-state index contributed by atoms with van der Waals surface area (Å²) in [5.74, 6) is 0.902. The molecule has 2 aromatic rings. The van der Waals surface area contributed by atoms with Crippen LogP contribution in [-0.4, -0.2) is 6.61 Å². The van der Waals surface area contributed by atoms with Gasteiger partial charge in [-0.05, 0) is 80.7 Å². The summed E-state index contributed by atoms with van der Waals surface area (Å²) >= 11 is 6.97. The number of ether oxygens (including phenoxy) is 1. The molecule has 0 amide bonds. The second kappa shape index (κ2) is 6.96. The molecule has 2 nitrogen and oxygen atoms in total. The summed E-state index contributed by atoms with van der Waals surface area (Å²) in [5, 5.41) is 3.39. The van der Waals surface area contributed by atoms with Gasteiger partial charge in [0, 0.05) is 21.2 Å². The molecule has 0 aliphatic carbocycles. The Balaban J connectivity index is 1.96. The van der Waals surface area contributed by atoms with Gasteiger partial charge in [-0.2, -0.15) is 0 Å². The molecule has 0 heterocycles. The van der Waals surface area contributed by atoms with Crippen molar-refractivity contribution in [1.82, 2.24) is 0 Å². The summed E-state index contributed by atoms with van der Waals surface area (Å²) in [4.78, 5) is 0. The first-order valence-corrected chi connectivity index (χ1v) is 7.68. The molecular weight excluding hydrogens is 370 g/mol. The van der Waals surface area contributed by atoms with E-state index in [0.29, 0.717) is 6.61 Å². The summed E-state index contributed by atoms with van der Waals surface area (Å²) in [5.41, 5.74) is 2.31. The molecule has 19 heavy (non-hydrogen) atoms. The van der Waals surface area contributed by atoms with E-state index in [1.54, 1.807) is 0 Å². The fourth-order valence-corrected chi connectivity index (χ4v) is 2.36. The minimum absolute atomic E-state index is 0.694. The van der Waals surface area contributed by atoms with Crippen molar-refractivity contribution in [2.75, 3.05) is 11.9 Å². The predicted molar refractivity (Wildman–Crippen MR) is 86.8 cm³/mol. The molecule has 0 unspecified atom stereocenters. The van der Waals surface area contributed by atoms with E-state index in [1.807, 2.05) is 37.3 Å². The van der Waals surface area contributed by atoms with E-state index in [9.17, 15) is 0 Å². The molecule has 4 heteroatoms. The SMILES string of the molecule is CCOc1ccc(NCc2ccc(Br)c(Br)c2)cc1. The average Bonchev–Trinajstić information content (AvgIpc) is 2.42. The maximum atomic E-state index is 5.41. The van der Waals surface area contributed by atoms with Gasteiger partial charge in [-0.3, -0.25) is 0 Å². The van der Waals surface area contributed by atoms with Gasteiger partial charge in [0.05, 0.1) is 6.61 Å². The zero-order valence-corrected chi connectivity index (χ0v) is 13.8. The zero-order chi connectivity index (χ0) is 13.7. The molecule has 0 aliphatic rings. The number of benzene rings is 2. The van der Waals surface area contributed by atoms with Gasteiger partial charge in [-0.15, -0.1) is 0 Å². The molecule has 2 aromatic carbocycles. The third-order valence-corrected chi connectivity index (χ3v) is 4.53. The first-order chi connectivity index (χ1) is 9.19. The molecule has 0 saturated heterocycles. The fourth-order valence-electron chi connectivity index (χ4n) is 1.69. The second-order valence-electron chi connectivity index (χ2n) is 4.06. The van der Waals surface area contributed by atoms with Gasteiger partial charge in [-0.1, -0.05) is 6.07 Å². The van der Waals surface area contributed by atoms with Gasteiger partial charge < -0.3 is 10.1 Å². The highest BCUT2D eigenvalue weighted by Crippen LogP contribution is 2.24. The van der Waals surface area contributed by atoms with E-state index in [2.05, 4.69) is 49.3 Å². The van der Waals surface area contributed by atoms with Crippen LogP contribution in [-0.2, 0) is 6.54 Å². The van der Waals surface area contributed by atoms with Gasteiger partial charge in [0.2, 0.25) is 0 Å². The van der Waals surface area contributed by atoms with Crippen LogP contribution >= 0.6 is 31.9 Å². The highest BCUT2D eigenvalue weighted by Gasteiger charge is 1.99. The van der Waals surface area contributed by atoms with Gasteiger partial charge in [0.25, 0.3) is 0 Å². The van der Waals surface area contributed by atoms with E-state index >= 15 is 0 Å². The number of hydrogen-bond acceptors (Lipinski definition) is 2. The molecule has 0 radical (unpaired) electrons. The summed E-state index contributed by atoms with van der Waals surface area (Å²) in [6, 6.07) is 14.2. The number of anilines is 1. The first kappa shape index (κ1) is 14.4. The second-order valence-corrected chi connectivity index (χ2v) is 5.77. The van der Waals surface area contributed by atoms with E-state index < -0.39 is 0 Å². The van der Waals surface area contributed by atoms with Crippen molar-refractivity contribution in [2.45, 2.75) is 13.5 Å². The highest BCUT2D eigenvalue weighted by molar-refractivity contribution is 9.13. The Labute approximate surface area is 130 Å². The molecule has 2 rings (SSSR count). The van der Waals surface area contributed by atoms with Crippen LogP contribution in [0.4, 0.5) is 5.69 Å². The summed E-state index contributed by atoms with van der Waals surface area (Å²) in [6.45, 7) is 3.47. The number of halogens is 2. The van der Waals surface area contributed by atoms with Crippen LogP contribution in [0.25, 0.3) is 0 Å². The van der Waals surface area contributed by atoms with E-state index in [0.717, 1.165) is 26.9 Å². The topological polar surface area (TPSA) is 21.3 Å². The Morgan fingerprint density at radius 3 is 2.37 bits per heavy atom. The van der Waals surface area contributed by atoms with Gasteiger partial charge >= 0.3 is 0 Å². The lowest BCUT2D eigenvalue weighted by Crippen LogP contribution is -1.99. The molecular formula is C15H15Br2NO. The lowest BCUT2D eigenvalue weighted by molar-refractivity contribution is 0.340. The molecule has 0 saturated carbocycles. The molecule has 0 aliphatic heterocycles. The van der Waals surface area contributed by atoms with E-state index in [1.165, 1.54) is 5.56 Å². The van der Waals surface area contributed by atoms with Crippen molar-refractivity contribution < 1.29 is 4.74 Å². The zero-order valence-electron chi connectivity index (χ0n) is 10.6. The summed E-state index contributed by atoms with van der Waals surface area (Å²) < 4.78 is 7.55. The van der Waals surface area contributed by atoms with Crippen LogP contribution in [0.1, 0.15) is 12.5 Å². The van der Waals surface area contributed by atoms with Crippen LogP contribution in [0.15, 0.2) is 51.4 Å².